The van der Waals surface area contributed by atoms with Gasteiger partial charge in [-0.25, -0.2) is 0 Å². The Balaban J connectivity index is 0.921. The summed E-state index contributed by atoms with van der Waals surface area (Å²) in [7, 11) is 0. The van der Waals surface area contributed by atoms with Crippen LogP contribution in [0.2, 0.25) is 0 Å². The number of benzene rings is 1. The monoisotopic (exact) mass is 2070 g/mol. The molecule has 0 unspecified atom stereocenters. The first-order chi connectivity index (χ1) is 68.5. The van der Waals surface area contributed by atoms with Crippen molar-refractivity contribution < 1.29 is 233 Å². The van der Waals surface area contributed by atoms with E-state index in [9.17, 15) is 162 Å². The van der Waals surface area contributed by atoms with Gasteiger partial charge in [-0.05, 0) is 63.6 Å². The third-order valence-electron chi connectivity index (χ3n) is 25.4. The molecule has 7 heterocycles. The summed E-state index contributed by atoms with van der Waals surface area (Å²) in [4.78, 5) is 88.0. The molecule has 7 aliphatic heterocycles. The number of esters is 1. The smallest absolute Gasteiger partial charge is 0.306 e. The van der Waals surface area contributed by atoms with Crippen LogP contribution in [0.15, 0.2) is 30.3 Å². The molecule has 826 valence electrons. The number of ether oxygens (including phenoxy) is 15. The maximum Gasteiger partial charge on any atom is 0.306 e. The zero-order valence-electron chi connectivity index (χ0n) is 79.5. The van der Waals surface area contributed by atoms with Crippen molar-refractivity contribution in [3.63, 3.8) is 0 Å². The molecule has 55 heteroatoms. The minimum atomic E-state index is -2.07. The van der Waals surface area contributed by atoms with Crippen molar-refractivity contribution in [2.45, 2.75) is 317 Å². The first-order valence-electron chi connectivity index (χ1n) is 48.4. The van der Waals surface area contributed by atoms with Gasteiger partial charge in [0.1, 0.15) is 184 Å². The Bertz CT molecular complexity index is 3660. The van der Waals surface area contributed by atoms with Crippen LogP contribution in [0.25, 0.3) is 0 Å². The summed E-state index contributed by atoms with van der Waals surface area (Å²) in [5.41, 5.74) is 0.791. The summed E-state index contributed by atoms with van der Waals surface area (Å²) >= 11 is 0. The van der Waals surface area contributed by atoms with Gasteiger partial charge in [0.05, 0.1) is 98.9 Å². The van der Waals surface area contributed by atoms with Crippen LogP contribution in [-0.2, 0) is 106 Å². The van der Waals surface area contributed by atoms with E-state index < -0.39 is 336 Å². The van der Waals surface area contributed by atoms with Crippen LogP contribution in [0.5, 0.6) is 0 Å². The van der Waals surface area contributed by atoms with Crippen LogP contribution in [-0.4, -0.2) is 568 Å². The van der Waals surface area contributed by atoms with Crippen LogP contribution in [0.4, 0.5) is 0 Å². The number of nitrogens with zero attached hydrogens (tertiary/aromatic N) is 3. The van der Waals surface area contributed by atoms with Gasteiger partial charge in [-0.2, -0.15) is 0 Å². The van der Waals surface area contributed by atoms with E-state index in [4.69, 9.17) is 71.1 Å². The molecule has 8 rings (SSSR count). The summed E-state index contributed by atoms with van der Waals surface area (Å²) in [6.07, 6.45) is -54.3. The zero-order chi connectivity index (χ0) is 105. The van der Waals surface area contributed by atoms with E-state index in [0.29, 0.717) is 83.7 Å². The third-order valence-corrected chi connectivity index (χ3v) is 25.4. The number of hydrogen-bond acceptors (Lipinski definition) is 50. The van der Waals surface area contributed by atoms with E-state index in [2.05, 4.69) is 26.6 Å². The minimum Gasteiger partial charge on any atom is -0.461 e. The fraction of sp³-hybridized carbons (Fsp3) is 0.864. The van der Waals surface area contributed by atoms with Gasteiger partial charge in [-0.15, -0.1) is 0 Å². The molecule has 1 aromatic carbocycles. The molecule has 0 radical (unpaired) electrons. The lowest BCUT2D eigenvalue weighted by molar-refractivity contribution is -0.366. The van der Waals surface area contributed by atoms with E-state index in [1.165, 1.54) is 0 Å². The van der Waals surface area contributed by atoms with E-state index >= 15 is 0 Å². The summed E-state index contributed by atoms with van der Waals surface area (Å²) in [5, 5.41) is 284. The number of aliphatic hydroxyl groups is 26. The number of unbranched alkanes of at least 4 members (excludes halogenated alkanes) is 8. The summed E-state index contributed by atoms with van der Waals surface area (Å²) < 4.78 is 84.3. The maximum absolute atomic E-state index is 14.5. The molecule has 143 heavy (non-hydrogen) atoms. The molecule has 0 saturated carbocycles. The molecule has 55 nitrogen and oxygen atoms in total. The average Bonchev–Trinajstić information content (AvgIpc) is 0.775. The average molecular weight is 2070 g/mol. The molecule has 0 aliphatic carbocycles. The second-order valence-corrected chi connectivity index (χ2v) is 36.1. The molecule has 0 aromatic heterocycles. The third kappa shape index (κ3) is 38.3. The number of carbonyl (C=O) groups is 6. The minimum absolute atomic E-state index is 0.0178. The van der Waals surface area contributed by atoms with Crippen molar-refractivity contribution in [3.05, 3.63) is 35.9 Å². The van der Waals surface area contributed by atoms with E-state index in [1.54, 1.807) is 24.3 Å². The quantitative estimate of drug-likeness (QED) is 0.0213. The topological polar surface area (TPSA) is 837 Å². The number of amides is 5. The Kier molecular flexibility index (Phi) is 54.9. The van der Waals surface area contributed by atoms with Gasteiger partial charge in [0.15, 0.2) is 44.0 Å². The number of nitrogens with one attached hydrogen (secondary N) is 5. The summed E-state index contributed by atoms with van der Waals surface area (Å²) in [5.74, 6) is -4.20. The number of aliphatic hydroxyl groups excluding tert-OH is 26. The molecule has 0 spiro atoms. The molecule has 1 aromatic rings. The molecule has 7 saturated heterocycles. The lowest BCUT2D eigenvalue weighted by Crippen LogP contribution is -2.65. The Morgan fingerprint density at radius 3 is 1.03 bits per heavy atom. The van der Waals surface area contributed by atoms with Crippen LogP contribution in [0.3, 0.4) is 0 Å². The van der Waals surface area contributed by atoms with Gasteiger partial charge in [0, 0.05) is 65.2 Å². The van der Waals surface area contributed by atoms with Crippen molar-refractivity contribution in [1.82, 2.24) is 41.3 Å². The molecule has 31 N–H and O–H groups in total. The number of carbonyl (C=O) groups excluding carboxylic acids is 6. The SMILES string of the molecule is O=C(CC[C@H](NC(=O)CN(CC(=O)NCCCCCC(=O)OCc1ccccc1)CC(=O)NCCO[C@H]1O[C@H](CO[C@H]2O[C@H](CO)[C@@H](O)[C@H](O)[C@@H]2O)[C@@H](O)[C@H](O[C@H]2O[C@H](CO)[C@@H](O)[C@H](O)[C@@H]2O)[C@@H]1O)C(=O)NCCCCCCN(CCO[C@H]1O[C@H](CO)[C@@H](O)[C@H](O)[C@@H]1O)CCO[C@H]1O[C@H](CO)[C@@H](O)[C@H](O)[C@@H]1O)NCCCCCCN(CCO[C@H]1O[C@H](CO)[C@@H](O)[C@H](O)[C@@H]1O)CCO[C@H]1O[C@H](CO)[C@@H](O)[C@H](O)[C@@H]1O. The van der Waals surface area contributed by atoms with E-state index in [0.717, 1.165) is 10.5 Å². The second kappa shape index (κ2) is 64.1. The van der Waals surface area contributed by atoms with Crippen LogP contribution < -0.4 is 26.6 Å². The fourth-order valence-electron chi connectivity index (χ4n) is 16.7. The van der Waals surface area contributed by atoms with Crippen molar-refractivity contribution >= 4 is 35.5 Å². The molecule has 5 amide bonds. The lowest BCUT2D eigenvalue weighted by Gasteiger charge is -2.46. The highest BCUT2D eigenvalue weighted by Gasteiger charge is 2.54. The van der Waals surface area contributed by atoms with Gasteiger partial charge in [0.2, 0.25) is 29.5 Å². The standard InChI is InChI=1S/C88H152N8O47/c97-38-48-60(108)67(115)73(121)82(136-48)130-31-26-94(27-32-131-83-74(122)68(116)61(109)49(39-98)137-83)24-13-3-1-10-20-89-55(103)19-18-47(81(128)92-22-11-2-4-14-25-95(28-33-132-84-75(123)69(117)62(110)50(40-99)138-84)29-34-133-85-76(124)70(118)63(111)51(41-100)139-85)93-58(106)37-96(35-56(104)90-21-12-6-9-17-59(107)134-44-46-15-7-5-8-16-46)36-57(105)91-23-30-129-87-79(127)80(143-88-78(126)72(120)65(113)53(43-102)141-88)66(114)54(142-87)45-135-86-77(125)71(119)64(112)52(42-101)140-86/h5,7-8,15-16,47-54,60-80,82-88,97-102,108-127H,1-4,6,9-14,17-45H2,(H,89,103)(H,90,104)(H,91,105)(H,92,128)(H,93,106)/t47-,48+,49+,50+,51+,52+,53+,54+,60+,61+,62+,63+,64+,65+,66+,67-,68-,69-,70-,71-,72-,73-,74-,75-,76-,77-,78-,79-,80-,82-,83-,84-,85-,86-,87-,88+/m0/s1. The number of hydrogen-bond donors (Lipinski definition) is 31. The first-order valence-corrected chi connectivity index (χ1v) is 48.4. The van der Waals surface area contributed by atoms with Gasteiger partial charge in [0.25, 0.3) is 0 Å². The molecular formula is C88H152N8O47. The van der Waals surface area contributed by atoms with Crippen molar-refractivity contribution in [1.29, 1.82) is 0 Å². The number of rotatable bonds is 64. The van der Waals surface area contributed by atoms with E-state index in [-0.39, 0.29) is 98.1 Å². The Morgan fingerprint density at radius 1 is 0.301 bits per heavy atom. The fourth-order valence-corrected chi connectivity index (χ4v) is 16.7. The normalized spacial score (nSPS) is 34.6. The van der Waals surface area contributed by atoms with Crippen molar-refractivity contribution in [2.75, 3.05) is 164 Å². The van der Waals surface area contributed by atoms with E-state index in [1.807, 2.05) is 15.9 Å². The molecule has 36 atom stereocenters. The van der Waals surface area contributed by atoms with Gasteiger partial charge >= 0.3 is 5.97 Å². The zero-order valence-corrected chi connectivity index (χ0v) is 79.5. The van der Waals surface area contributed by atoms with Crippen LogP contribution in [0, 0.1) is 0 Å². The van der Waals surface area contributed by atoms with Crippen molar-refractivity contribution in [2.24, 2.45) is 0 Å². The molecule has 7 fully saturated rings. The Labute approximate surface area is 824 Å². The molecular weight excluding hydrogens is 1920 g/mol. The highest BCUT2D eigenvalue weighted by atomic mass is 16.8. The predicted octanol–water partition coefficient (Wildman–Crippen LogP) is -16.2. The molecule has 7 aliphatic rings. The second-order valence-electron chi connectivity index (χ2n) is 36.1. The van der Waals surface area contributed by atoms with Gasteiger partial charge < -0.3 is 230 Å². The predicted molar refractivity (Wildman–Crippen MR) is 478 cm³/mol. The summed E-state index contributed by atoms with van der Waals surface area (Å²) in [6.45, 7) is -7.50. The highest BCUT2D eigenvalue weighted by molar-refractivity contribution is 5.90. The highest BCUT2D eigenvalue weighted by Crippen LogP contribution is 2.33. The maximum atomic E-state index is 14.5. The Hall–Kier alpha value is -5.68. The lowest BCUT2D eigenvalue weighted by atomic mass is 9.96. The first kappa shape index (κ1) is 123. The van der Waals surface area contributed by atoms with Crippen LogP contribution >= 0.6 is 0 Å². The van der Waals surface area contributed by atoms with Crippen molar-refractivity contribution in [3.8, 4) is 0 Å². The Morgan fingerprint density at radius 2 is 0.629 bits per heavy atom. The largest absolute Gasteiger partial charge is 0.461 e. The molecule has 0 bridgehead atoms. The van der Waals surface area contributed by atoms with Gasteiger partial charge in [-0.1, -0.05) is 62.4 Å². The van der Waals surface area contributed by atoms with Gasteiger partial charge in [-0.3, -0.25) is 43.5 Å². The van der Waals surface area contributed by atoms with Crippen LogP contribution in [0.1, 0.15) is 95.5 Å². The summed E-state index contributed by atoms with van der Waals surface area (Å²) in [6, 6.07) is 7.57.